The number of nitrogens with zero attached hydrogens (tertiary/aromatic N) is 1. The predicted molar refractivity (Wildman–Crippen MR) is 59.2 cm³/mol. The normalized spacial score (nSPS) is 9.62. The predicted octanol–water partition coefficient (Wildman–Crippen LogP) is 2.57. The SMILES string of the molecule is CCOC(=O)Cc1c(C#N)ccc(F)c1Br. The van der Waals surface area contributed by atoms with Gasteiger partial charge in [0.25, 0.3) is 0 Å². The Morgan fingerprint density at radius 1 is 1.62 bits per heavy atom. The molecule has 0 saturated heterocycles. The molecular formula is C11H9BrFNO2. The number of esters is 1. The first-order valence-corrected chi connectivity index (χ1v) is 5.42. The van der Waals surface area contributed by atoms with Gasteiger partial charge in [0, 0.05) is 0 Å². The van der Waals surface area contributed by atoms with Gasteiger partial charge in [-0.1, -0.05) is 0 Å². The Bertz CT molecular complexity index is 454. The monoisotopic (exact) mass is 285 g/mol. The number of nitriles is 1. The lowest BCUT2D eigenvalue weighted by molar-refractivity contribution is -0.142. The summed E-state index contributed by atoms with van der Waals surface area (Å²) in [7, 11) is 0. The van der Waals surface area contributed by atoms with Crippen molar-refractivity contribution in [2.45, 2.75) is 13.3 Å². The second kappa shape index (κ2) is 5.61. The molecule has 0 fully saturated rings. The van der Waals surface area contributed by atoms with E-state index in [-0.39, 0.29) is 23.1 Å². The van der Waals surface area contributed by atoms with E-state index in [9.17, 15) is 9.18 Å². The molecule has 0 N–H and O–H groups in total. The molecule has 84 valence electrons. The number of benzene rings is 1. The highest BCUT2D eigenvalue weighted by Gasteiger charge is 2.15. The number of halogens is 2. The lowest BCUT2D eigenvalue weighted by Crippen LogP contribution is -2.09. The van der Waals surface area contributed by atoms with Crippen molar-refractivity contribution >= 4 is 21.9 Å². The molecule has 0 aliphatic rings. The fourth-order valence-corrected chi connectivity index (χ4v) is 1.71. The molecule has 0 bridgehead atoms. The minimum atomic E-state index is -0.502. The van der Waals surface area contributed by atoms with Crippen molar-refractivity contribution in [3.8, 4) is 6.07 Å². The van der Waals surface area contributed by atoms with Crippen LogP contribution in [-0.4, -0.2) is 12.6 Å². The molecular weight excluding hydrogens is 277 g/mol. The molecule has 1 aromatic carbocycles. The van der Waals surface area contributed by atoms with Crippen LogP contribution in [-0.2, 0) is 16.0 Å². The zero-order chi connectivity index (χ0) is 12.1. The van der Waals surface area contributed by atoms with E-state index in [1.165, 1.54) is 12.1 Å². The minimum Gasteiger partial charge on any atom is -0.466 e. The maximum atomic E-state index is 13.2. The summed E-state index contributed by atoms with van der Waals surface area (Å²) in [5, 5.41) is 8.83. The van der Waals surface area contributed by atoms with E-state index < -0.39 is 11.8 Å². The van der Waals surface area contributed by atoms with Gasteiger partial charge in [-0.2, -0.15) is 5.26 Å². The van der Waals surface area contributed by atoms with Crippen molar-refractivity contribution in [2.75, 3.05) is 6.61 Å². The summed E-state index contributed by atoms with van der Waals surface area (Å²) in [6.45, 7) is 1.94. The van der Waals surface area contributed by atoms with Crippen LogP contribution >= 0.6 is 15.9 Å². The average Bonchev–Trinajstić information content (AvgIpc) is 2.25. The van der Waals surface area contributed by atoms with Crippen LogP contribution in [0.4, 0.5) is 4.39 Å². The van der Waals surface area contributed by atoms with E-state index in [4.69, 9.17) is 10.00 Å². The molecule has 0 radical (unpaired) electrons. The second-order valence-corrected chi connectivity index (χ2v) is 3.77. The minimum absolute atomic E-state index is 0.116. The third kappa shape index (κ3) is 2.80. The molecule has 0 aromatic heterocycles. The smallest absolute Gasteiger partial charge is 0.310 e. The average molecular weight is 286 g/mol. The van der Waals surface area contributed by atoms with Crippen LogP contribution in [0.1, 0.15) is 18.1 Å². The molecule has 0 saturated carbocycles. The van der Waals surface area contributed by atoms with Gasteiger partial charge in [-0.15, -0.1) is 0 Å². The van der Waals surface area contributed by atoms with Crippen LogP contribution in [0.15, 0.2) is 16.6 Å². The zero-order valence-electron chi connectivity index (χ0n) is 8.59. The molecule has 0 unspecified atom stereocenters. The highest BCUT2D eigenvalue weighted by Crippen LogP contribution is 2.24. The van der Waals surface area contributed by atoms with E-state index in [2.05, 4.69) is 15.9 Å². The Balaban J connectivity index is 3.07. The van der Waals surface area contributed by atoms with Gasteiger partial charge < -0.3 is 4.74 Å². The molecule has 0 aliphatic carbocycles. The lowest BCUT2D eigenvalue weighted by Gasteiger charge is -2.07. The van der Waals surface area contributed by atoms with Crippen LogP contribution in [0.3, 0.4) is 0 Å². The Labute approximate surface area is 101 Å². The molecule has 0 aliphatic heterocycles. The van der Waals surface area contributed by atoms with Gasteiger partial charge in [-0.25, -0.2) is 4.39 Å². The first-order valence-electron chi connectivity index (χ1n) is 4.62. The number of hydrogen-bond donors (Lipinski definition) is 0. The molecule has 1 aromatic rings. The Hall–Kier alpha value is -1.41. The topological polar surface area (TPSA) is 50.1 Å². The quantitative estimate of drug-likeness (QED) is 0.802. The molecule has 5 heteroatoms. The Morgan fingerprint density at radius 3 is 2.88 bits per heavy atom. The standard InChI is InChI=1S/C11H9BrFNO2/c1-2-16-10(15)5-8-7(6-14)3-4-9(13)11(8)12/h3-4H,2,5H2,1H3. The van der Waals surface area contributed by atoms with Gasteiger partial charge in [-0.05, 0) is 40.5 Å². The fraction of sp³-hybridized carbons (Fsp3) is 0.273. The number of hydrogen-bond acceptors (Lipinski definition) is 3. The summed E-state index contributed by atoms with van der Waals surface area (Å²) < 4.78 is 18.1. The van der Waals surface area contributed by atoms with Crippen molar-refractivity contribution in [1.29, 1.82) is 5.26 Å². The van der Waals surface area contributed by atoms with Crippen molar-refractivity contribution in [2.24, 2.45) is 0 Å². The Kier molecular flexibility index (Phi) is 4.44. The van der Waals surface area contributed by atoms with Gasteiger partial charge in [0.15, 0.2) is 0 Å². The largest absolute Gasteiger partial charge is 0.466 e. The second-order valence-electron chi connectivity index (χ2n) is 2.98. The van der Waals surface area contributed by atoms with Crippen molar-refractivity contribution in [1.82, 2.24) is 0 Å². The van der Waals surface area contributed by atoms with E-state index in [0.29, 0.717) is 5.56 Å². The first-order chi connectivity index (χ1) is 7.60. The highest BCUT2D eigenvalue weighted by molar-refractivity contribution is 9.10. The summed E-state index contributed by atoms with van der Waals surface area (Å²) in [6, 6.07) is 4.43. The fourth-order valence-electron chi connectivity index (χ4n) is 1.23. The highest BCUT2D eigenvalue weighted by atomic mass is 79.9. The van der Waals surface area contributed by atoms with Crippen LogP contribution in [0.25, 0.3) is 0 Å². The summed E-state index contributed by atoms with van der Waals surface area (Å²) in [5.41, 5.74) is 0.585. The van der Waals surface area contributed by atoms with Gasteiger partial charge in [0.1, 0.15) is 5.82 Å². The number of ether oxygens (including phenoxy) is 1. The van der Waals surface area contributed by atoms with Crippen molar-refractivity contribution in [3.05, 3.63) is 33.5 Å². The number of carbonyl (C=O) groups excluding carboxylic acids is 1. The van der Waals surface area contributed by atoms with Gasteiger partial charge in [0.05, 0.1) is 29.1 Å². The molecule has 0 atom stereocenters. The van der Waals surface area contributed by atoms with Crippen LogP contribution in [0.5, 0.6) is 0 Å². The maximum Gasteiger partial charge on any atom is 0.310 e. The van der Waals surface area contributed by atoms with Crippen LogP contribution < -0.4 is 0 Å². The van der Waals surface area contributed by atoms with E-state index in [0.717, 1.165) is 0 Å². The zero-order valence-corrected chi connectivity index (χ0v) is 10.2. The van der Waals surface area contributed by atoms with E-state index in [1.54, 1.807) is 6.92 Å². The summed E-state index contributed by atoms with van der Waals surface area (Å²) >= 11 is 3.02. The number of rotatable bonds is 3. The summed E-state index contributed by atoms with van der Waals surface area (Å²) in [6.07, 6.45) is -0.116. The van der Waals surface area contributed by atoms with Crippen molar-refractivity contribution in [3.63, 3.8) is 0 Å². The molecule has 0 amide bonds. The van der Waals surface area contributed by atoms with E-state index in [1.807, 2.05) is 6.07 Å². The Morgan fingerprint density at radius 2 is 2.31 bits per heavy atom. The first kappa shape index (κ1) is 12.7. The van der Waals surface area contributed by atoms with Gasteiger partial charge in [-0.3, -0.25) is 4.79 Å². The molecule has 1 rings (SSSR count). The lowest BCUT2D eigenvalue weighted by atomic mass is 10.1. The van der Waals surface area contributed by atoms with Crippen LogP contribution in [0.2, 0.25) is 0 Å². The number of carbonyl (C=O) groups is 1. The maximum absolute atomic E-state index is 13.2. The van der Waals surface area contributed by atoms with Gasteiger partial charge >= 0.3 is 5.97 Å². The molecule has 3 nitrogen and oxygen atoms in total. The summed E-state index contributed by atoms with van der Waals surface area (Å²) in [5.74, 6) is -0.983. The van der Waals surface area contributed by atoms with Crippen molar-refractivity contribution < 1.29 is 13.9 Å². The van der Waals surface area contributed by atoms with Crippen LogP contribution in [0, 0.1) is 17.1 Å². The third-order valence-corrected chi connectivity index (χ3v) is 2.80. The molecule has 0 spiro atoms. The molecule has 16 heavy (non-hydrogen) atoms. The summed E-state index contributed by atoms with van der Waals surface area (Å²) in [4.78, 5) is 11.3. The molecule has 0 heterocycles. The van der Waals surface area contributed by atoms with E-state index >= 15 is 0 Å². The van der Waals surface area contributed by atoms with Gasteiger partial charge in [0.2, 0.25) is 0 Å². The third-order valence-electron chi connectivity index (χ3n) is 1.94.